The molecule has 3 aromatic rings. The molecule has 1 N–H and O–H groups in total. The maximum absolute atomic E-state index is 12.3. The van der Waals surface area contributed by atoms with Gasteiger partial charge >= 0.3 is 0 Å². The highest BCUT2D eigenvalue weighted by molar-refractivity contribution is 5.84. The van der Waals surface area contributed by atoms with E-state index in [-0.39, 0.29) is 11.5 Å². The molecule has 0 saturated carbocycles. The second kappa shape index (κ2) is 5.09. The molecule has 114 valence electrons. The second-order valence-corrected chi connectivity index (χ2v) is 6.01. The predicted octanol–water partition coefficient (Wildman–Crippen LogP) is 3.06. The number of aryl methyl sites for hydroxylation is 2. The average Bonchev–Trinajstić information content (AvgIpc) is 2.72. The van der Waals surface area contributed by atoms with Crippen LogP contribution in [-0.4, -0.2) is 19.7 Å². The van der Waals surface area contributed by atoms with Gasteiger partial charge in [-0.3, -0.25) is 9.48 Å². The summed E-state index contributed by atoms with van der Waals surface area (Å²) in [5.41, 5.74) is 4.77. The Hall–Kier alpha value is -2.43. The van der Waals surface area contributed by atoms with Crippen LogP contribution in [0.15, 0.2) is 23.0 Å². The lowest BCUT2D eigenvalue weighted by Gasteiger charge is -2.08. The van der Waals surface area contributed by atoms with Crippen molar-refractivity contribution in [1.29, 1.82) is 0 Å². The van der Waals surface area contributed by atoms with Crippen molar-refractivity contribution < 1.29 is 0 Å². The number of hydrogen-bond acceptors (Lipinski definition) is 3. The molecule has 0 radical (unpaired) electrons. The van der Waals surface area contributed by atoms with Crippen molar-refractivity contribution in [3.63, 3.8) is 0 Å². The molecule has 0 atom stereocenters. The Balaban J connectivity index is 2.25. The Bertz CT molecular complexity index is 918. The Labute approximate surface area is 129 Å². The molecule has 22 heavy (non-hydrogen) atoms. The minimum Gasteiger partial charge on any atom is -0.310 e. The van der Waals surface area contributed by atoms with Gasteiger partial charge in [-0.2, -0.15) is 5.10 Å². The first-order valence-corrected chi connectivity index (χ1v) is 7.43. The fourth-order valence-electron chi connectivity index (χ4n) is 2.78. The maximum Gasteiger partial charge on any atom is 0.258 e. The summed E-state index contributed by atoms with van der Waals surface area (Å²) >= 11 is 0. The van der Waals surface area contributed by atoms with Crippen molar-refractivity contribution in [3.05, 3.63) is 45.8 Å². The number of rotatable bonds is 2. The predicted molar refractivity (Wildman–Crippen MR) is 88.1 cm³/mol. The number of fused-ring (bicyclic) bond motifs is 1. The van der Waals surface area contributed by atoms with E-state index in [1.807, 2.05) is 57.6 Å². The second-order valence-electron chi connectivity index (χ2n) is 6.01. The molecule has 0 spiro atoms. The third kappa shape index (κ3) is 2.22. The first-order chi connectivity index (χ1) is 10.4. The average molecular weight is 296 g/mol. The summed E-state index contributed by atoms with van der Waals surface area (Å²) < 4.78 is 1.86. The highest BCUT2D eigenvalue weighted by atomic mass is 16.1. The Morgan fingerprint density at radius 1 is 1.23 bits per heavy atom. The lowest BCUT2D eigenvalue weighted by molar-refractivity contribution is 0.731. The highest BCUT2D eigenvalue weighted by Gasteiger charge is 2.14. The van der Waals surface area contributed by atoms with Crippen molar-refractivity contribution >= 4 is 10.9 Å². The van der Waals surface area contributed by atoms with Crippen LogP contribution in [0.2, 0.25) is 0 Å². The quantitative estimate of drug-likeness (QED) is 0.790. The molecular formula is C17H20N4O. The van der Waals surface area contributed by atoms with E-state index in [1.54, 1.807) is 0 Å². The minimum atomic E-state index is -0.0882. The zero-order valence-electron chi connectivity index (χ0n) is 13.6. The largest absolute Gasteiger partial charge is 0.310 e. The molecule has 0 aliphatic rings. The van der Waals surface area contributed by atoms with Gasteiger partial charge in [0.25, 0.3) is 5.56 Å². The molecule has 2 aromatic heterocycles. The number of nitrogens with one attached hydrogen (secondary N) is 1. The van der Waals surface area contributed by atoms with Gasteiger partial charge in [-0.1, -0.05) is 19.9 Å². The van der Waals surface area contributed by atoms with Gasteiger partial charge in [-0.25, -0.2) is 4.98 Å². The van der Waals surface area contributed by atoms with E-state index >= 15 is 0 Å². The number of hydrogen-bond donors (Lipinski definition) is 1. The van der Waals surface area contributed by atoms with E-state index in [9.17, 15) is 4.79 Å². The number of benzene rings is 1. The van der Waals surface area contributed by atoms with E-state index in [2.05, 4.69) is 15.1 Å². The minimum absolute atomic E-state index is 0.0882. The summed E-state index contributed by atoms with van der Waals surface area (Å²) in [6.07, 6.45) is 0. The van der Waals surface area contributed by atoms with Crippen LogP contribution in [0.5, 0.6) is 0 Å². The van der Waals surface area contributed by atoms with Crippen LogP contribution < -0.4 is 5.56 Å². The van der Waals surface area contributed by atoms with Crippen LogP contribution >= 0.6 is 0 Å². The monoisotopic (exact) mass is 296 g/mol. The van der Waals surface area contributed by atoms with Crippen molar-refractivity contribution in [2.45, 2.75) is 33.6 Å². The lowest BCUT2D eigenvalue weighted by Crippen LogP contribution is -2.12. The van der Waals surface area contributed by atoms with Crippen LogP contribution in [0, 0.1) is 13.8 Å². The molecule has 3 rings (SSSR count). The smallest absolute Gasteiger partial charge is 0.258 e. The van der Waals surface area contributed by atoms with Crippen LogP contribution in [0.1, 0.15) is 37.0 Å². The summed E-state index contributed by atoms with van der Waals surface area (Å²) in [6, 6.07) is 5.83. The van der Waals surface area contributed by atoms with Gasteiger partial charge in [-0.15, -0.1) is 0 Å². The van der Waals surface area contributed by atoms with Crippen LogP contribution in [0.3, 0.4) is 0 Å². The van der Waals surface area contributed by atoms with Gasteiger partial charge in [0, 0.05) is 24.2 Å². The van der Waals surface area contributed by atoms with E-state index in [0.29, 0.717) is 5.39 Å². The number of aromatic nitrogens is 4. The molecule has 0 aliphatic carbocycles. The summed E-state index contributed by atoms with van der Waals surface area (Å²) in [7, 11) is 1.93. The number of nitrogens with zero attached hydrogens (tertiary/aromatic N) is 3. The van der Waals surface area contributed by atoms with Crippen molar-refractivity contribution in [2.75, 3.05) is 0 Å². The normalized spacial score (nSPS) is 11.5. The Kier molecular flexibility index (Phi) is 3.35. The van der Waals surface area contributed by atoms with Gasteiger partial charge in [0.1, 0.15) is 5.82 Å². The van der Waals surface area contributed by atoms with Crippen LogP contribution in [0.25, 0.3) is 22.0 Å². The summed E-state index contributed by atoms with van der Waals surface area (Å²) in [4.78, 5) is 19.8. The van der Waals surface area contributed by atoms with E-state index in [1.165, 1.54) is 0 Å². The first-order valence-electron chi connectivity index (χ1n) is 7.43. The number of H-pyrrole nitrogens is 1. The first kappa shape index (κ1) is 14.5. The fraction of sp³-hybridized carbons (Fsp3) is 0.353. The third-order valence-electron chi connectivity index (χ3n) is 4.07. The van der Waals surface area contributed by atoms with Crippen molar-refractivity contribution in [2.24, 2.45) is 7.05 Å². The van der Waals surface area contributed by atoms with E-state index in [4.69, 9.17) is 0 Å². The topological polar surface area (TPSA) is 63.6 Å². The van der Waals surface area contributed by atoms with Gasteiger partial charge in [0.05, 0.1) is 16.6 Å². The molecule has 0 fully saturated rings. The van der Waals surface area contributed by atoms with Gasteiger partial charge < -0.3 is 4.98 Å². The SMILES string of the molecule is Cc1nn(C)c(C)c1-c1ccc2nc(C(C)C)[nH]c(=O)c2c1. The number of aromatic amines is 1. The summed E-state index contributed by atoms with van der Waals surface area (Å²) in [5, 5.41) is 5.06. The van der Waals surface area contributed by atoms with Crippen LogP contribution in [-0.2, 0) is 7.05 Å². The molecule has 1 aromatic carbocycles. The molecular weight excluding hydrogens is 276 g/mol. The molecule has 5 heteroatoms. The molecule has 0 unspecified atom stereocenters. The van der Waals surface area contributed by atoms with E-state index in [0.717, 1.165) is 33.9 Å². The fourth-order valence-corrected chi connectivity index (χ4v) is 2.78. The van der Waals surface area contributed by atoms with Gasteiger partial charge in [0.15, 0.2) is 0 Å². The Morgan fingerprint density at radius 2 is 1.95 bits per heavy atom. The maximum atomic E-state index is 12.3. The summed E-state index contributed by atoms with van der Waals surface area (Å²) in [5.74, 6) is 0.915. The van der Waals surface area contributed by atoms with E-state index < -0.39 is 0 Å². The molecule has 0 bridgehead atoms. The Morgan fingerprint density at radius 3 is 2.55 bits per heavy atom. The van der Waals surface area contributed by atoms with Crippen molar-refractivity contribution in [1.82, 2.24) is 19.7 Å². The molecule has 0 amide bonds. The molecule has 5 nitrogen and oxygen atoms in total. The van der Waals surface area contributed by atoms with Gasteiger partial charge in [-0.05, 0) is 31.5 Å². The van der Waals surface area contributed by atoms with Crippen molar-refractivity contribution in [3.8, 4) is 11.1 Å². The van der Waals surface area contributed by atoms with Crippen LogP contribution in [0.4, 0.5) is 0 Å². The zero-order valence-corrected chi connectivity index (χ0v) is 13.6. The standard InChI is InChI=1S/C17H20N4O/c1-9(2)16-18-14-7-6-12(8-13(14)17(22)19-16)15-10(3)20-21(5)11(15)4/h6-9H,1-5H3,(H,18,19,22). The molecule has 2 heterocycles. The zero-order chi connectivity index (χ0) is 16.0. The highest BCUT2D eigenvalue weighted by Crippen LogP contribution is 2.28. The molecule has 0 aliphatic heterocycles. The lowest BCUT2D eigenvalue weighted by atomic mass is 10.0. The summed E-state index contributed by atoms with van der Waals surface area (Å²) in [6.45, 7) is 8.04. The van der Waals surface area contributed by atoms with Gasteiger partial charge in [0.2, 0.25) is 0 Å². The molecule has 0 saturated heterocycles. The third-order valence-corrected chi connectivity index (χ3v) is 4.07.